The fraction of sp³-hybridized carbons (Fsp3) is 0.750. The number of carbonyl (C=O) groups is 2. The van der Waals surface area contributed by atoms with Crippen LogP contribution in [0.4, 0.5) is 4.79 Å². The molecule has 0 rings (SSSR count). The Labute approximate surface area is 72.0 Å². The maximum Gasteiger partial charge on any atom is 0.405 e. The van der Waals surface area contributed by atoms with E-state index in [0.717, 1.165) is 0 Å². The Hall–Kier alpha value is -1.06. The molecule has 0 radical (unpaired) electrons. The number of ketones is 1. The second-order valence-electron chi connectivity index (χ2n) is 2.99. The van der Waals surface area contributed by atoms with Crippen molar-refractivity contribution in [1.82, 2.24) is 5.32 Å². The fourth-order valence-corrected chi connectivity index (χ4v) is 0.972. The van der Waals surface area contributed by atoms with Crippen LogP contribution in [-0.2, 0) is 4.79 Å². The molecular formula is C8H15NO3. The summed E-state index contributed by atoms with van der Waals surface area (Å²) >= 11 is 0. The molecule has 0 saturated heterocycles. The number of carboxylic acid groups (broad SMARTS) is 1. The predicted octanol–water partition coefficient (Wildman–Crippen LogP) is 1.26. The van der Waals surface area contributed by atoms with Crippen LogP contribution in [0.25, 0.3) is 0 Å². The molecule has 4 nitrogen and oxygen atoms in total. The van der Waals surface area contributed by atoms with Gasteiger partial charge < -0.3 is 10.4 Å². The molecule has 0 spiro atoms. The van der Waals surface area contributed by atoms with Gasteiger partial charge in [-0.1, -0.05) is 20.8 Å². The number of nitrogens with one attached hydrogen (secondary N) is 1. The molecule has 0 unspecified atom stereocenters. The van der Waals surface area contributed by atoms with Gasteiger partial charge in [-0.15, -0.1) is 0 Å². The zero-order valence-electron chi connectivity index (χ0n) is 7.63. The molecule has 4 heteroatoms. The Morgan fingerprint density at radius 2 is 1.92 bits per heavy atom. The van der Waals surface area contributed by atoms with Crippen molar-refractivity contribution in [2.45, 2.75) is 33.2 Å². The summed E-state index contributed by atoms with van der Waals surface area (Å²) in [6, 6.07) is -0.563. The minimum Gasteiger partial charge on any atom is -0.465 e. The van der Waals surface area contributed by atoms with Gasteiger partial charge in [-0.3, -0.25) is 4.79 Å². The van der Waals surface area contributed by atoms with Crippen molar-refractivity contribution in [2.24, 2.45) is 5.92 Å². The highest BCUT2D eigenvalue weighted by Crippen LogP contribution is 2.04. The number of rotatable bonds is 4. The highest BCUT2D eigenvalue weighted by Gasteiger charge is 2.21. The van der Waals surface area contributed by atoms with Crippen LogP contribution in [0.2, 0.25) is 0 Å². The van der Waals surface area contributed by atoms with Gasteiger partial charge in [0.15, 0.2) is 5.78 Å². The molecule has 12 heavy (non-hydrogen) atoms. The van der Waals surface area contributed by atoms with Crippen LogP contribution in [0.1, 0.15) is 27.2 Å². The van der Waals surface area contributed by atoms with E-state index in [1.54, 1.807) is 6.92 Å². The normalized spacial score (nSPS) is 12.7. The average molecular weight is 173 g/mol. The third-order valence-corrected chi connectivity index (χ3v) is 1.64. The van der Waals surface area contributed by atoms with Gasteiger partial charge in [0.2, 0.25) is 0 Å². The van der Waals surface area contributed by atoms with Crippen LogP contribution in [0, 0.1) is 5.92 Å². The van der Waals surface area contributed by atoms with Crippen molar-refractivity contribution in [2.75, 3.05) is 0 Å². The first-order chi connectivity index (χ1) is 5.49. The lowest BCUT2D eigenvalue weighted by Gasteiger charge is -2.18. The number of hydrogen-bond acceptors (Lipinski definition) is 2. The van der Waals surface area contributed by atoms with Crippen LogP contribution < -0.4 is 5.32 Å². The van der Waals surface area contributed by atoms with Gasteiger partial charge in [-0.25, -0.2) is 4.79 Å². The van der Waals surface area contributed by atoms with Crippen LogP contribution in [0.5, 0.6) is 0 Å². The van der Waals surface area contributed by atoms with Gasteiger partial charge in [-0.2, -0.15) is 0 Å². The Morgan fingerprint density at radius 3 is 2.17 bits per heavy atom. The van der Waals surface area contributed by atoms with E-state index >= 15 is 0 Å². The summed E-state index contributed by atoms with van der Waals surface area (Å²) in [6.45, 7) is 5.35. The second-order valence-corrected chi connectivity index (χ2v) is 2.99. The van der Waals surface area contributed by atoms with E-state index in [-0.39, 0.29) is 11.7 Å². The van der Waals surface area contributed by atoms with E-state index in [2.05, 4.69) is 5.32 Å². The maximum atomic E-state index is 11.2. The topological polar surface area (TPSA) is 66.4 Å². The largest absolute Gasteiger partial charge is 0.465 e. The summed E-state index contributed by atoms with van der Waals surface area (Å²) in [7, 11) is 0. The summed E-state index contributed by atoms with van der Waals surface area (Å²) in [6.07, 6.45) is -0.779. The second kappa shape index (κ2) is 4.74. The molecule has 0 heterocycles. The molecule has 2 N–H and O–H groups in total. The molecular weight excluding hydrogens is 158 g/mol. The predicted molar refractivity (Wildman–Crippen MR) is 45.1 cm³/mol. The van der Waals surface area contributed by atoms with Gasteiger partial charge >= 0.3 is 6.09 Å². The molecule has 0 bridgehead atoms. The van der Waals surface area contributed by atoms with E-state index in [1.165, 1.54) is 0 Å². The van der Waals surface area contributed by atoms with Gasteiger partial charge in [0.05, 0.1) is 6.04 Å². The Morgan fingerprint density at radius 1 is 1.42 bits per heavy atom. The van der Waals surface area contributed by atoms with E-state index in [4.69, 9.17) is 5.11 Å². The summed E-state index contributed by atoms with van der Waals surface area (Å²) in [5.41, 5.74) is 0. The Balaban J connectivity index is 4.23. The van der Waals surface area contributed by atoms with Crippen LogP contribution >= 0.6 is 0 Å². The van der Waals surface area contributed by atoms with E-state index in [1.807, 2.05) is 13.8 Å². The lowest BCUT2D eigenvalue weighted by atomic mass is 9.99. The minimum absolute atomic E-state index is 0.00792. The van der Waals surface area contributed by atoms with E-state index in [0.29, 0.717) is 6.42 Å². The van der Waals surface area contributed by atoms with Crippen LogP contribution in [-0.4, -0.2) is 23.0 Å². The molecule has 0 aliphatic carbocycles. The molecule has 1 amide bonds. The number of amides is 1. The number of Topliss-reactive ketones (excluding diaryl/α,β-unsaturated/α-hetero) is 1. The summed E-state index contributed by atoms with van der Waals surface area (Å²) in [5.74, 6) is -0.0547. The maximum absolute atomic E-state index is 11.2. The smallest absolute Gasteiger partial charge is 0.405 e. The highest BCUT2D eigenvalue weighted by molar-refractivity contribution is 5.87. The first-order valence-electron chi connectivity index (χ1n) is 4.01. The van der Waals surface area contributed by atoms with Gasteiger partial charge in [0, 0.05) is 6.42 Å². The van der Waals surface area contributed by atoms with Crippen LogP contribution in [0.3, 0.4) is 0 Å². The fourth-order valence-electron chi connectivity index (χ4n) is 0.972. The SMILES string of the molecule is CCC(=O)[C@@H](NC(=O)O)C(C)C. The van der Waals surface area contributed by atoms with Crippen molar-refractivity contribution in [3.8, 4) is 0 Å². The van der Waals surface area contributed by atoms with Gasteiger partial charge in [0.1, 0.15) is 0 Å². The molecule has 0 aliphatic heterocycles. The Bertz CT molecular complexity index is 177. The van der Waals surface area contributed by atoms with E-state index in [9.17, 15) is 9.59 Å². The third-order valence-electron chi connectivity index (χ3n) is 1.64. The Kier molecular flexibility index (Phi) is 4.33. The summed E-state index contributed by atoms with van der Waals surface area (Å²) in [4.78, 5) is 21.4. The quantitative estimate of drug-likeness (QED) is 0.672. The first kappa shape index (κ1) is 10.9. The van der Waals surface area contributed by atoms with Crippen LogP contribution in [0.15, 0.2) is 0 Å². The molecule has 70 valence electrons. The molecule has 0 saturated carbocycles. The first-order valence-corrected chi connectivity index (χ1v) is 4.01. The zero-order chi connectivity index (χ0) is 9.72. The van der Waals surface area contributed by atoms with E-state index < -0.39 is 12.1 Å². The molecule has 0 aromatic rings. The highest BCUT2D eigenvalue weighted by atomic mass is 16.4. The lowest BCUT2D eigenvalue weighted by molar-refractivity contribution is -0.121. The molecule has 0 fully saturated rings. The number of carbonyl (C=O) groups excluding carboxylic acids is 1. The van der Waals surface area contributed by atoms with Crippen molar-refractivity contribution in [3.05, 3.63) is 0 Å². The van der Waals surface area contributed by atoms with Crippen molar-refractivity contribution in [3.63, 3.8) is 0 Å². The van der Waals surface area contributed by atoms with Gasteiger partial charge in [-0.05, 0) is 5.92 Å². The zero-order valence-corrected chi connectivity index (χ0v) is 7.63. The molecule has 1 atom stereocenters. The summed E-state index contributed by atoms with van der Waals surface area (Å²) < 4.78 is 0. The molecule has 0 aromatic heterocycles. The molecule has 0 aliphatic rings. The standard InChI is InChI=1S/C8H15NO3/c1-4-6(10)7(5(2)3)9-8(11)12/h5,7,9H,4H2,1-3H3,(H,11,12)/t7-/m0/s1. The lowest BCUT2D eigenvalue weighted by Crippen LogP contribution is -2.43. The monoisotopic (exact) mass is 173 g/mol. The minimum atomic E-state index is -1.14. The van der Waals surface area contributed by atoms with Crippen molar-refractivity contribution in [1.29, 1.82) is 0 Å². The summed E-state index contributed by atoms with van der Waals surface area (Å²) in [5, 5.41) is 10.6. The number of hydrogen-bond donors (Lipinski definition) is 2. The molecule has 0 aromatic carbocycles. The van der Waals surface area contributed by atoms with Crippen molar-refractivity contribution >= 4 is 11.9 Å². The van der Waals surface area contributed by atoms with Gasteiger partial charge in [0.25, 0.3) is 0 Å². The third kappa shape index (κ3) is 3.37. The average Bonchev–Trinajstić information content (AvgIpc) is 1.98. The van der Waals surface area contributed by atoms with Crippen molar-refractivity contribution < 1.29 is 14.7 Å².